The van der Waals surface area contributed by atoms with Gasteiger partial charge in [0.1, 0.15) is 5.82 Å². The molecular formula is C25H16FN3O2. The van der Waals surface area contributed by atoms with Crippen molar-refractivity contribution in [3.63, 3.8) is 0 Å². The molecule has 3 aromatic carbocycles. The van der Waals surface area contributed by atoms with Crippen LogP contribution in [0.1, 0.15) is 10.4 Å². The average Bonchev–Trinajstić information content (AvgIpc) is 3.29. The lowest BCUT2D eigenvalue weighted by Gasteiger charge is -2.14. The Bertz CT molecular complexity index is 1460. The van der Waals surface area contributed by atoms with Gasteiger partial charge in [0.15, 0.2) is 0 Å². The first kappa shape index (κ1) is 18.7. The van der Waals surface area contributed by atoms with Crippen LogP contribution >= 0.6 is 0 Å². The molecule has 5 rings (SSSR count). The number of anilines is 1. The molecule has 0 bridgehead atoms. The Hall–Kier alpha value is -4.32. The highest BCUT2D eigenvalue weighted by molar-refractivity contribution is 6.50. The van der Waals surface area contributed by atoms with E-state index in [9.17, 15) is 14.0 Å². The number of nitrogens with one attached hydrogen (secondary N) is 1. The number of aromatic nitrogens is 2. The van der Waals surface area contributed by atoms with E-state index in [1.54, 1.807) is 22.9 Å². The second-order valence-electron chi connectivity index (χ2n) is 7.06. The molecule has 2 aromatic heterocycles. The van der Waals surface area contributed by atoms with Crippen LogP contribution in [0.5, 0.6) is 0 Å². The van der Waals surface area contributed by atoms with Gasteiger partial charge >= 0.3 is 0 Å². The second kappa shape index (κ2) is 7.50. The Morgan fingerprint density at radius 1 is 0.871 bits per heavy atom. The molecular weight excluding hydrogens is 393 g/mol. The van der Waals surface area contributed by atoms with Crippen molar-refractivity contribution >= 4 is 33.8 Å². The number of halogens is 1. The Balaban J connectivity index is 1.73. The lowest BCUT2D eigenvalue weighted by Crippen LogP contribution is -2.24. The minimum absolute atomic E-state index is 0.0479. The molecule has 1 amide bonds. The zero-order valence-corrected chi connectivity index (χ0v) is 16.2. The quantitative estimate of drug-likeness (QED) is 0.331. The minimum atomic E-state index is -0.914. The van der Waals surface area contributed by atoms with Crippen LogP contribution in [0.15, 0.2) is 91.4 Å². The molecule has 0 aliphatic heterocycles. The zero-order valence-electron chi connectivity index (χ0n) is 16.2. The predicted octanol–water partition coefficient (Wildman–Crippen LogP) is 5.12. The lowest BCUT2D eigenvalue weighted by atomic mass is 9.92. The van der Waals surface area contributed by atoms with Crippen molar-refractivity contribution in [2.75, 3.05) is 5.32 Å². The lowest BCUT2D eigenvalue weighted by molar-refractivity contribution is -0.112. The molecule has 2 heterocycles. The Morgan fingerprint density at radius 3 is 2.45 bits per heavy atom. The molecule has 6 heteroatoms. The molecule has 150 valence electrons. The summed E-state index contributed by atoms with van der Waals surface area (Å²) in [6.45, 7) is 0. The maximum absolute atomic E-state index is 14.0. The largest absolute Gasteiger partial charge is 0.317 e. The third-order valence-electron chi connectivity index (χ3n) is 5.18. The van der Waals surface area contributed by atoms with Crippen LogP contribution in [0.25, 0.3) is 27.5 Å². The summed E-state index contributed by atoms with van der Waals surface area (Å²) in [7, 11) is 0. The van der Waals surface area contributed by atoms with E-state index in [4.69, 9.17) is 0 Å². The highest BCUT2D eigenvalue weighted by atomic mass is 19.1. The SMILES string of the molecule is O=C(Nc1ccccc1F)C(=O)c1c(-c2ccccc2)ccc2ncn3cccc3c12. The Kier molecular flexibility index (Phi) is 4.52. The van der Waals surface area contributed by atoms with Crippen LogP contribution in [0, 0.1) is 5.82 Å². The van der Waals surface area contributed by atoms with Gasteiger partial charge in [-0.2, -0.15) is 0 Å². The minimum Gasteiger partial charge on any atom is -0.317 e. The summed E-state index contributed by atoms with van der Waals surface area (Å²) < 4.78 is 15.8. The number of carbonyl (C=O) groups is 2. The summed E-state index contributed by atoms with van der Waals surface area (Å²) in [6.07, 6.45) is 3.48. The number of Topliss-reactive ketones (excluding diaryl/α,β-unsaturated/α-hetero) is 1. The van der Waals surface area contributed by atoms with Crippen LogP contribution in [-0.2, 0) is 4.79 Å². The Morgan fingerprint density at radius 2 is 1.65 bits per heavy atom. The highest BCUT2D eigenvalue weighted by Gasteiger charge is 2.25. The first-order chi connectivity index (χ1) is 15.1. The van der Waals surface area contributed by atoms with Gasteiger partial charge in [0.25, 0.3) is 11.7 Å². The predicted molar refractivity (Wildman–Crippen MR) is 117 cm³/mol. The molecule has 0 fully saturated rings. The number of rotatable bonds is 4. The van der Waals surface area contributed by atoms with E-state index in [2.05, 4.69) is 10.3 Å². The molecule has 5 nitrogen and oxygen atoms in total. The highest BCUT2D eigenvalue weighted by Crippen LogP contribution is 2.33. The third kappa shape index (κ3) is 3.24. The van der Waals surface area contributed by atoms with Crippen molar-refractivity contribution in [1.29, 1.82) is 0 Å². The fraction of sp³-hybridized carbons (Fsp3) is 0. The molecule has 0 saturated carbocycles. The number of ketones is 1. The van der Waals surface area contributed by atoms with Crippen molar-refractivity contribution in [3.05, 3.63) is 103 Å². The summed E-state index contributed by atoms with van der Waals surface area (Å²) >= 11 is 0. The van der Waals surface area contributed by atoms with Gasteiger partial charge < -0.3 is 9.72 Å². The number of fused-ring (bicyclic) bond motifs is 3. The number of amides is 1. The summed E-state index contributed by atoms with van der Waals surface area (Å²) in [5, 5.41) is 2.97. The third-order valence-corrected chi connectivity index (χ3v) is 5.18. The standard InChI is InChI=1S/C25H16FN3O2/c26-18-9-4-5-10-19(18)28-25(31)24(30)22-17(16-7-2-1-3-8-16)12-13-20-23(22)21-11-6-14-29(21)15-27-20/h1-15H,(H,28,31). The van der Waals surface area contributed by atoms with Crippen molar-refractivity contribution in [3.8, 4) is 11.1 Å². The molecule has 0 saturated heterocycles. The number of carbonyl (C=O) groups excluding carboxylic acids is 2. The van der Waals surface area contributed by atoms with Crippen molar-refractivity contribution in [1.82, 2.24) is 9.38 Å². The molecule has 5 aromatic rings. The van der Waals surface area contributed by atoms with Gasteiger partial charge in [-0.25, -0.2) is 9.37 Å². The summed E-state index contributed by atoms with van der Waals surface area (Å²) in [5.41, 5.74) is 2.93. The normalized spacial score (nSPS) is 11.0. The number of hydrogen-bond acceptors (Lipinski definition) is 3. The van der Waals surface area contributed by atoms with Gasteiger partial charge in [0.05, 0.1) is 23.0 Å². The fourth-order valence-electron chi connectivity index (χ4n) is 3.74. The first-order valence-electron chi connectivity index (χ1n) is 9.67. The van der Waals surface area contributed by atoms with E-state index in [-0.39, 0.29) is 11.3 Å². The molecule has 0 atom stereocenters. The maximum atomic E-state index is 14.0. The summed E-state index contributed by atoms with van der Waals surface area (Å²) in [4.78, 5) is 30.8. The molecule has 0 aliphatic carbocycles. The van der Waals surface area contributed by atoms with E-state index in [0.29, 0.717) is 16.5 Å². The smallest absolute Gasteiger partial charge is 0.296 e. The number of nitrogens with zero attached hydrogens (tertiary/aromatic N) is 2. The van der Waals surface area contributed by atoms with E-state index >= 15 is 0 Å². The Labute approximate surface area is 176 Å². The topological polar surface area (TPSA) is 63.5 Å². The molecule has 0 spiro atoms. The van der Waals surface area contributed by atoms with Crippen LogP contribution in [0.2, 0.25) is 0 Å². The molecule has 1 N–H and O–H groups in total. The summed E-state index contributed by atoms with van der Waals surface area (Å²) in [6, 6.07) is 22.4. The first-order valence-corrected chi connectivity index (χ1v) is 9.67. The number of para-hydroxylation sites is 1. The van der Waals surface area contributed by atoms with Gasteiger partial charge in [-0.1, -0.05) is 48.5 Å². The second-order valence-corrected chi connectivity index (χ2v) is 7.06. The average molecular weight is 409 g/mol. The van der Waals surface area contributed by atoms with E-state index in [0.717, 1.165) is 11.1 Å². The fourth-order valence-corrected chi connectivity index (χ4v) is 3.74. The number of benzene rings is 3. The van der Waals surface area contributed by atoms with Gasteiger partial charge in [-0.15, -0.1) is 0 Å². The van der Waals surface area contributed by atoms with Crippen molar-refractivity contribution < 1.29 is 14.0 Å². The van der Waals surface area contributed by atoms with E-state index in [1.165, 1.54) is 18.2 Å². The van der Waals surface area contributed by atoms with E-state index in [1.807, 2.05) is 54.7 Å². The monoisotopic (exact) mass is 409 g/mol. The van der Waals surface area contributed by atoms with Crippen LogP contribution in [0.4, 0.5) is 10.1 Å². The molecule has 0 aliphatic rings. The van der Waals surface area contributed by atoms with Gasteiger partial charge in [-0.3, -0.25) is 9.59 Å². The zero-order chi connectivity index (χ0) is 21.4. The van der Waals surface area contributed by atoms with Crippen LogP contribution in [0.3, 0.4) is 0 Å². The van der Waals surface area contributed by atoms with Crippen molar-refractivity contribution in [2.45, 2.75) is 0 Å². The maximum Gasteiger partial charge on any atom is 0.296 e. The van der Waals surface area contributed by atoms with E-state index < -0.39 is 17.5 Å². The van der Waals surface area contributed by atoms with Crippen molar-refractivity contribution in [2.24, 2.45) is 0 Å². The summed E-state index contributed by atoms with van der Waals surface area (Å²) in [5.74, 6) is -2.28. The molecule has 0 radical (unpaired) electrons. The van der Waals surface area contributed by atoms with Gasteiger partial charge in [0, 0.05) is 17.1 Å². The molecule has 31 heavy (non-hydrogen) atoms. The molecule has 0 unspecified atom stereocenters. The number of hydrogen-bond donors (Lipinski definition) is 1. The van der Waals surface area contributed by atoms with Gasteiger partial charge in [0.2, 0.25) is 0 Å². The van der Waals surface area contributed by atoms with Crippen LogP contribution in [-0.4, -0.2) is 21.1 Å². The van der Waals surface area contributed by atoms with Crippen LogP contribution < -0.4 is 5.32 Å². The van der Waals surface area contributed by atoms with Gasteiger partial charge in [-0.05, 0) is 41.5 Å².